The van der Waals surface area contributed by atoms with Crippen LogP contribution in [0, 0.1) is 5.82 Å². The molecule has 5 nitrogen and oxygen atoms in total. The normalized spacial score (nSPS) is 10.3. The Morgan fingerprint density at radius 3 is 2.93 bits per heavy atom. The van der Waals surface area contributed by atoms with Crippen molar-refractivity contribution < 1.29 is 9.13 Å². The van der Waals surface area contributed by atoms with Crippen LogP contribution in [0.4, 0.5) is 4.39 Å². The predicted octanol–water partition coefficient (Wildman–Crippen LogP) is 1.90. The van der Waals surface area contributed by atoms with Gasteiger partial charge < -0.3 is 4.74 Å². The number of ether oxygens (including phenoxy) is 1. The molecule has 0 aliphatic heterocycles. The lowest BCUT2D eigenvalue weighted by Crippen LogP contribution is -1.96. The highest BCUT2D eigenvalue weighted by Gasteiger charge is 2.08. The molecule has 78 valence electrons. The maximum atomic E-state index is 12.9. The summed E-state index contributed by atoms with van der Waals surface area (Å²) < 4.78 is 20.2. The van der Waals surface area contributed by atoms with Gasteiger partial charge in [0.25, 0.3) is 0 Å². The van der Waals surface area contributed by atoms with Crippen molar-refractivity contribution in [3.05, 3.63) is 28.5 Å². The summed E-state index contributed by atoms with van der Waals surface area (Å²) in [4.78, 5) is 0. The number of nitrogens with zero attached hydrogens (tertiary/aromatic N) is 4. The second-order valence-electron chi connectivity index (χ2n) is 2.76. The Morgan fingerprint density at radius 1 is 1.47 bits per heavy atom. The fourth-order valence-electron chi connectivity index (χ4n) is 0.961. The van der Waals surface area contributed by atoms with E-state index in [1.54, 1.807) is 13.1 Å². The van der Waals surface area contributed by atoms with Crippen molar-refractivity contribution in [2.45, 2.75) is 0 Å². The highest BCUT2D eigenvalue weighted by Crippen LogP contribution is 2.28. The predicted molar refractivity (Wildman–Crippen MR) is 53.0 cm³/mol. The van der Waals surface area contributed by atoms with E-state index in [9.17, 15) is 4.39 Å². The maximum absolute atomic E-state index is 12.9. The molecule has 0 bridgehead atoms. The van der Waals surface area contributed by atoms with Gasteiger partial charge in [0.05, 0.1) is 4.47 Å². The van der Waals surface area contributed by atoms with E-state index in [2.05, 4.69) is 31.5 Å². The Labute approximate surface area is 93.0 Å². The average Bonchev–Trinajstić information content (AvgIpc) is 2.58. The van der Waals surface area contributed by atoms with Crippen LogP contribution in [0.2, 0.25) is 0 Å². The second-order valence-corrected chi connectivity index (χ2v) is 3.62. The number of halogens is 2. The minimum atomic E-state index is -0.386. The zero-order valence-electron chi connectivity index (χ0n) is 7.69. The molecular weight excluding hydrogens is 267 g/mol. The first-order valence-electron chi connectivity index (χ1n) is 4.02. The van der Waals surface area contributed by atoms with Crippen molar-refractivity contribution in [1.29, 1.82) is 0 Å². The van der Waals surface area contributed by atoms with Gasteiger partial charge in [-0.1, -0.05) is 5.10 Å². The molecule has 2 aromatic rings. The van der Waals surface area contributed by atoms with Crippen LogP contribution in [-0.4, -0.2) is 20.2 Å². The van der Waals surface area contributed by atoms with Crippen molar-refractivity contribution in [2.75, 3.05) is 0 Å². The van der Waals surface area contributed by atoms with Gasteiger partial charge in [0.15, 0.2) is 0 Å². The van der Waals surface area contributed by atoms with Crippen LogP contribution < -0.4 is 4.74 Å². The van der Waals surface area contributed by atoms with E-state index in [1.807, 2.05) is 0 Å². The first kappa shape index (κ1) is 10.0. The molecule has 0 N–H and O–H groups in total. The van der Waals surface area contributed by atoms with Crippen molar-refractivity contribution in [3.8, 4) is 11.8 Å². The van der Waals surface area contributed by atoms with E-state index < -0.39 is 0 Å². The third-order valence-electron chi connectivity index (χ3n) is 1.68. The van der Waals surface area contributed by atoms with Crippen LogP contribution in [0.25, 0.3) is 0 Å². The van der Waals surface area contributed by atoms with E-state index in [0.29, 0.717) is 10.2 Å². The number of hydrogen-bond acceptors (Lipinski definition) is 4. The monoisotopic (exact) mass is 272 g/mol. The van der Waals surface area contributed by atoms with Crippen LogP contribution >= 0.6 is 15.9 Å². The summed E-state index contributed by atoms with van der Waals surface area (Å²) in [6.45, 7) is 0. The third-order valence-corrected chi connectivity index (χ3v) is 2.33. The number of hydrogen-bond donors (Lipinski definition) is 0. The SMILES string of the molecule is Cn1nnnc1Oc1cc(F)ccc1Br. The first-order chi connectivity index (χ1) is 7.16. The lowest BCUT2D eigenvalue weighted by molar-refractivity contribution is 0.409. The quantitative estimate of drug-likeness (QED) is 0.838. The van der Waals surface area contributed by atoms with E-state index in [1.165, 1.54) is 16.8 Å². The molecule has 0 unspecified atom stereocenters. The largest absolute Gasteiger partial charge is 0.422 e. The summed E-state index contributed by atoms with van der Waals surface area (Å²) >= 11 is 3.23. The second kappa shape index (κ2) is 3.93. The summed E-state index contributed by atoms with van der Waals surface area (Å²) in [6, 6.07) is 4.32. The number of aryl methyl sites for hydroxylation is 1. The lowest BCUT2D eigenvalue weighted by atomic mass is 10.3. The van der Waals surface area contributed by atoms with Gasteiger partial charge in [-0.25, -0.2) is 4.39 Å². The Morgan fingerprint density at radius 2 is 2.27 bits per heavy atom. The van der Waals surface area contributed by atoms with Gasteiger partial charge >= 0.3 is 6.01 Å². The molecule has 1 aromatic carbocycles. The van der Waals surface area contributed by atoms with Crippen LogP contribution in [0.15, 0.2) is 22.7 Å². The minimum Gasteiger partial charge on any atom is -0.422 e. The van der Waals surface area contributed by atoms with Crippen molar-refractivity contribution in [3.63, 3.8) is 0 Å². The Kier molecular flexibility index (Phi) is 2.63. The first-order valence-corrected chi connectivity index (χ1v) is 4.81. The molecule has 0 spiro atoms. The van der Waals surface area contributed by atoms with Gasteiger partial charge in [-0.05, 0) is 38.5 Å². The standard InChI is InChI=1S/C8H6BrFN4O/c1-14-8(11-12-13-14)15-7-4-5(10)2-3-6(7)9/h2-4H,1H3. The van der Waals surface area contributed by atoms with E-state index in [4.69, 9.17) is 4.74 Å². The summed E-state index contributed by atoms with van der Waals surface area (Å²) in [5.74, 6) is -0.0590. The topological polar surface area (TPSA) is 52.8 Å². The molecule has 0 aliphatic carbocycles. The van der Waals surface area contributed by atoms with Gasteiger partial charge in [0.1, 0.15) is 11.6 Å². The van der Waals surface area contributed by atoms with Crippen LogP contribution in [0.1, 0.15) is 0 Å². The highest BCUT2D eigenvalue weighted by atomic mass is 79.9. The molecule has 0 atom stereocenters. The zero-order valence-corrected chi connectivity index (χ0v) is 9.27. The molecule has 0 fully saturated rings. The molecule has 2 rings (SSSR count). The highest BCUT2D eigenvalue weighted by molar-refractivity contribution is 9.10. The van der Waals surface area contributed by atoms with Gasteiger partial charge in [0, 0.05) is 13.1 Å². The lowest BCUT2D eigenvalue weighted by Gasteiger charge is -2.04. The zero-order chi connectivity index (χ0) is 10.8. The molecular formula is C8H6BrFN4O. The Bertz CT molecular complexity index is 487. The van der Waals surface area contributed by atoms with Gasteiger partial charge in [-0.3, -0.25) is 0 Å². The van der Waals surface area contributed by atoms with E-state index in [0.717, 1.165) is 0 Å². The van der Waals surface area contributed by atoms with Crippen molar-refractivity contribution in [1.82, 2.24) is 20.2 Å². The van der Waals surface area contributed by atoms with Gasteiger partial charge in [-0.15, -0.1) is 0 Å². The van der Waals surface area contributed by atoms with E-state index >= 15 is 0 Å². The fraction of sp³-hybridized carbons (Fsp3) is 0.125. The molecule has 0 amide bonds. The molecule has 1 heterocycles. The smallest absolute Gasteiger partial charge is 0.340 e. The van der Waals surface area contributed by atoms with Crippen molar-refractivity contribution in [2.24, 2.45) is 7.05 Å². The molecule has 0 saturated heterocycles. The number of rotatable bonds is 2. The third kappa shape index (κ3) is 2.12. The fourth-order valence-corrected chi connectivity index (χ4v) is 1.29. The number of tetrazole rings is 1. The van der Waals surface area contributed by atoms with Crippen LogP contribution in [-0.2, 0) is 7.05 Å². The van der Waals surface area contributed by atoms with Crippen molar-refractivity contribution >= 4 is 15.9 Å². The van der Waals surface area contributed by atoms with Crippen LogP contribution in [0.5, 0.6) is 11.8 Å². The summed E-state index contributed by atoms with van der Waals surface area (Å²) in [5, 5.41) is 10.6. The molecule has 15 heavy (non-hydrogen) atoms. The Balaban J connectivity index is 2.32. The molecule has 0 saturated carbocycles. The molecule has 0 radical (unpaired) electrons. The Hall–Kier alpha value is -1.50. The average molecular weight is 273 g/mol. The van der Waals surface area contributed by atoms with E-state index in [-0.39, 0.29) is 11.8 Å². The van der Waals surface area contributed by atoms with Crippen LogP contribution in [0.3, 0.4) is 0 Å². The molecule has 7 heteroatoms. The molecule has 1 aromatic heterocycles. The number of aromatic nitrogens is 4. The minimum absolute atomic E-state index is 0.196. The van der Waals surface area contributed by atoms with Gasteiger partial charge in [0.2, 0.25) is 0 Å². The maximum Gasteiger partial charge on any atom is 0.340 e. The van der Waals surface area contributed by atoms with Gasteiger partial charge in [-0.2, -0.15) is 4.68 Å². The molecule has 0 aliphatic rings. The number of benzene rings is 1. The summed E-state index contributed by atoms with van der Waals surface area (Å²) in [5.41, 5.74) is 0. The summed E-state index contributed by atoms with van der Waals surface area (Å²) in [7, 11) is 1.63. The summed E-state index contributed by atoms with van der Waals surface area (Å²) in [6.07, 6.45) is 0.